The van der Waals surface area contributed by atoms with Crippen LogP contribution in [0.5, 0.6) is 0 Å². The van der Waals surface area contributed by atoms with Gasteiger partial charge in [-0.25, -0.2) is 13.4 Å². The third kappa shape index (κ3) is 5.40. The Balaban J connectivity index is 1.50. The Labute approximate surface area is 207 Å². The van der Waals surface area contributed by atoms with Crippen LogP contribution in [0.15, 0.2) is 81.2 Å². The zero-order valence-corrected chi connectivity index (χ0v) is 20.4. The van der Waals surface area contributed by atoms with E-state index in [1.165, 1.54) is 42.7 Å². The van der Waals surface area contributed by atoms with Crippen molar-refractivity contribution in [1.82, 2.24) is 15.2 Å². The molecule has 2 aromatic carbocycles. The normalized spacial score (nSPS) is 11.6. The predicted molar refractivity (Wildman–Crippen MR) is 133 cm³/mol. The summed E-state index contributed by atoms with van der Waals surface area (Å²) >= 11 is 4.54. The molecular weight excluding hydrogens is 540 g/mol. The van der Waals surface area contributed by atoms with Crippen LogP contribution in [0.25, 0.3) is 17.3 Å². The number of amides is 1. The molecule has 0 aliphatic carbocycles. The molecule has 3 N–H and O–H groups in total. The number of nitriles is 1. The van der Waals surface area contributed by atoms with Crippen LogP contribution in [0.2, 0.25) is 0 Å². The minimum absolute atomic E-state index is 0.00860. The SMILES string of the molecule is N#CC(=Cc1cn[nH]c1-c1ccc(Br)cc1)C(=O)Nc1ccc(S(=O)(=O)Nc2nccs2)cc1. The molecule has 2 heterocycles. The fourth-order valence-electron chi connectivity index (χ4n) is 2.92. The number of rotatable bonds is 7. The van der Waals surface area contributed by atoms with Crippen LogP contribution < -0.4 is 10.0 Å². The van der Waals surface area contributed by atoms with E-state index in [0.29, 0.717) is 16.9 Å². The molecule has 0 fully saturated rings. The Kier molecular flexibility index (Phi) is 6.87. The fourth-order valence-corrected chi connectivity index (χ4v) is 4.97. The molecule has 170 valence electrons. The number of benzene rings is 2. The lowest BCUT2D eigenvalue weighted by molar-refractivity contribution is -0.112. The van der Waals surface area contributed by atoms with Gasteiger partial charge in [-0.15, -0.1) is 11.3 Å². The molecule has 1 amide bonds. The van der Waals surface area contributed by atoms with E-state index in [1.54, 1.807) is 5.38 Å². The number of nitrogens with one attached hydrogen (secondary N) is 3. The van der Waals surface area contributed by atoms with Crippen LogP contribution in [-0.4, -0.2) is 29.5 Å². The van der Waals surface area contributed by atoms with Crippen molar-refractivity contribution in [2.24, 2.45) is 0 Å². The molecule has 0 unspecified atom stereocenters. The molecule has 0 radical (unpaired) electrons. The number of carbonyl (C=O) groups excluding carboxylic acids is 1. The molecule has 0 bridgehead atoms. The van der Waals surface area contributed by atoms with Crippen molar-refractivity contribution < 1.29 is 13.2 Å². The Morgan fingerprint density at radius 1 is 1.15 bits per heavy atom. The topological polar surface area (TPSA) is 141 Å². The number of carbonyl (C=O) groups is 1. The summed E-state index contributed by atoms with van der Waals surface area (Å²) in [5.74, 6) is -0.637. The second kappa shape index (κ2) is 10.0. The highest BCUT2D eigenvalue weighted by Gasteiger charge is 2.17. The van der Waals surface area contributed by atoms with Crippen molar-refractivity contribution in [1.29, 1.82) is 5.26 Å². The molecule has 0 aliphatic heterocycles. The van der Waals surface area contributed by atoms with Crippen LogP contribution in [0.1, 0.15) is 5.56 Å². The third-order valence-electron chi connectivity index (χ3n) is 4.54. The van der Waals surface area contributed by atoms with E-state index in [0.717, 1.165) is 21.4 Å². The first-order chi connectivity index (χ1) is 16.4. The van der Waals surface area contributed by atoms with Gasteiger partial charge in [0.15, 0.2) is 5.13 Å². The summed E-state index contributed by atoms with van der Waals surface area (Å²) in [6.45, 7) is 0. The average Bonchev–Trinajstić information content (AvgIpc) is 3.50. The number of hydrogen-bond donors (Lipinski definition) is 3. The van der Waals surface area contributed by atoms with Gasteiger partial charge in [-0.05, 0) is 42.5 Å². The van der Waals surface area contributed by atoms with Gasteiger partial charge >= 0.3 is 0 Å². The van der Waals surface area contributed by atoms with Gasteiger partial charge in [-0.2, -0.15) is 10.4 Å². The number of H-pyrrole nitrogens is 1. The number of thiazole rings is 1. The molecule has 0 spiro atoms. The van der Waals surface area contributed by atoms with E-state index in [-0.39, 0.29) is 15.6 Å². The third-order valence-corrected chi connectivity index (χ3v) is 7.24. The van der Waals surface area contributed by atoms with Crippen LogP contribution in [0.3, 0.4) is 0 Å². The van der Waals surface area contributed by atoms with Crippen molar-refractivity contribution in [3.05, 3.63) is 81.9 Å². The Hall–Kier alpha value is -3.79. The first kappa shape index (κ1) is 23.4. The van der Waals surface area contributed by atoms with Gasteiger partial charge in [0.25, 0.3) is 15.9 Å². The average molecular weight is 555 g/mol. The zero-order chi connectivity index (χ0) is 24.1. The lowest BCUT2D eigenvalue weighted by Gasteiger charge is -2.08. The summed E-state index contributed by atoms with van der Waals surface area (Å²) in [6, 6.07) is 15.0. The summed E-state index contributed by atoms with van der Waals surface area (Å²) in [5, 5.41) is 20.9. The number of aromatic amines is 1. The van der Waals surface area contributed by atoms with Crippen molar-refractivity contribution in [2.75, 3.05) is 10.0 Å². The number of nitrogens with zero attached hydrogens (tertiary/aromatic N) is 3. The number of hydrogen-bond acceptors (Lipinski definition) is 7. The molecule has 4 aromatic rings. The molecule has 0 saturated heterocycles. The van der Waals surface area contributed by atoms with Gasteiger partial charge < -0.3 is 5.32 Å². The van der Waals surface area contributed by atoms with E-state index in [2.05, 4.69) is 41.2 Å². The Bertz CT molecular complexity index is 1490. The minimum atomic E-state index is -3.81. The van der Waals surface area contributed by atoms with Gasteiger partial charge in [0.05, 0.1) is 16.8 Å². The van der Waals surface area contributed by atoms with Crippen LogP contribution in [0.4, 0.5) is 10.8 Å². The fraction of sp³-hybridized carbons (Fsp3) is 0. The monoisotopic (exact) mass is 554 g/mol. The van der Waals surface area contributed by atoms with Crippen LogP contribution >= 0.6 is 27.3 Å². The number of anilines is 2. The maximum atomic E-state index is 12.7. The molecule has 12 heteroatoms. The van der Waals surface area contributed by atoms with Crippen molar-refractivity contribution in [2.45, 2.75) is 4.90 Å². The summed E-state index contributed by atoms with van der Waals surface area (Å²) in [6.07, 6.45) is 4.46. The maximum Gasteiger partial charge on any atom is 0.266 e. The van der Waals surface area contributed by atoms with Gasteiger partial charge in [-0.1, -0.05) is 28.1 Å². The Morgan fingerprint density at radius 3 is 2.53 bits per heavy atom. The number of halogens is 1. The van der Waals surface area contributed by atoms with E-state index in [9.17, 15) is 18.5 Å². The highest BCUT2D eigenvalue weighted by molar-refractivity contribution is 9.10. The summed E-state index contributed by atoms with van der Waals surface area (Å²) in [5.41, 5.74) is 2.27. The number of aromatic nitrogens is 3. The first-order valence-electron chi connectivity index (χ1n) is 9.60. The molecule has 9 nitrogen and oxygen atoms in total. The smallest absolute Gasteiger partial charge is 0.266 e. The first-order valence-corrected chi connectivity index (χ1v) is 12.8. The molecular formula is C22H15BrN6O3S2. The zero-order valence-electron chi connectivity index (χ0n) is 17.2. The summed E-state index contributed by atoms with van der Waals surface area (Å²) in [4.78, 5) is 16.6. The van der Waals surface area contributed by atoms with Crippen LogP contribution in [-0.2, 0) is 14.8 Å². The van der Waals surface area contributed by atoms with Crippen molar-refractivity contribution >= 4 is 60.1 Å². The standard InChI is InChI=1S/C22H15BrN6O3S2/c23-17-3-1-14(2-4-17)20-16(13-26-28-20)11-15(12-24)21(30)27-18-5-7-19(8-6-18)34(31,32)29-22-25-9-10-33-22/h1-11,13H,(H,25,29)(H,26,28)(H,27,30). The molecule has 2 aromatic heterocycles. The molecule has 0 saturated carbocycles. The second-order valence-electron chi connectivity index (χ2n) is 6.80. The maximum absolute atomic E-state index is 12.7. The quantitative estimate of drug-likeness (QED) is 0.224. The highest BCUT2D eigenvalue weighted by Crippen LogP contribution is 2.25. The molecule has 0 atom stereocenters. The van der Waals surface area contributed by atoms with E-state index >= 15 is 0 Å². The number of sulfonamides is 1. The predicted octanol–water partition coefficient (Wildman–Crippen LogP) is 4.64. The van der Waals surface area contributed by atoms with E-state index in [1.807, 2.05) is 30.3 Å². The van der Waals surface area contributed by atoms with Gasteiger partial charge in [0, 0.05) is 32.9 Å². The lowest BCUT2D eigenvalue weighted by atomic mass is 10.1. The largest absolute Gasteiger partial charge is 0.321 e. The summed E-state index contributed by atoms with van der Waals surface area (Å²) in [7, 11) is -3.81. The lowest BCUT2D eigenvalue weighted by Crippen LogP contribution is -2.15. The van der Waals surface area contributed by atoms with E-state index < -0.39 is 15.9 Å². The van der Waals surface area contributed by atoms with Crippen LogP contribution in [0, 0.1) is 11.3 Å². The van der Waals surface area contributed by atoms with Gasteiger partial charge in [0.2, 0.25) is 0 Å². The molecule has 34 heavy (non-hydrogen) atoms. The van der Waals surface area contributed by atoms with Gasteiger partial charge in [-0.3, -0.25) is 14.6 Å². The summed E-state index contributed by atoms with van der Waals surface area (Å²) < 4.78 is 28.2. The second-order valence-corrected chi connectivity index (χ2v) is 10.3. The molecule has 0 aliphatic rings. The van der Waals surface area contributed by atoms with Crippen molar-refractivity contribution in [3.8, 4) is 17.3 Å². The Morgan fingerprint density at radius 2 is 1.88 bits per heavy atom. The van der Waals surface area contributed by atoms with Gasteiger partial charge in [0.1, 0.15) is 11.6 Å². The van der Waals surface area contributed by atoms with Crippen molar-refractivity contribution in [3.63, 3.8) is 0 Å². The highest BCUT2D eigenvalue weighted by atomic mass is 79.9. The minimum Gasteiger partial charge on any atom is -0.321 e. The molecule has 4 rings (SSSR count). The van der Waals surface area contributed by atoms with E-state index in [4.69, 9.17) is 0 Å².